The second-order valence-corrected chi connectivity index (χ2v) is 8.04. The Labute approximate surface area is 181 Å². The molecule has 7 nitrogen and oxygen atoms in total. The number of rotatable bonds is 7. The van der Waals surface area contributed by atoms with Crippen molar-refractivity contribution in [2.24, 2.45) is 5.92 Å². The molecule has 4 rings (SSSR count). The van der Waals surface area contributed by atoms with Crippen molar-refractivity contribution < 1.29 is 18.3 Å². The van der Waals surface area contributed by atoms with E-state index in [1.165, 1.54) is 37.4 Å². The molecular formula is C22H22F3N5O2. The number of nitrogens with one attached hydrogen (secondary N) is 2. The first-order chi connectivity index (χ1) is 15.2. The van der Waals surface area contributed by atoms with Crippen LogP contribution in [0.25, 0.3) is 10.9 Å². The van der Waals surface area contributed by atoms with E-state index in [9.17, 15) is 28.3 Å². The second-order valence-electron chi connectivity index (χ2n) is 8.04. The molecule has 3 N–H and O–H groups in total. The number of halogens is 3. The van der Waals surface area contributed by atoms with Crippen LogP contribution in [-0.4, -0.2) is 26.0 Å². The molecule has 0 amide bonds. The zero-order chi connectivity index (χ0) is 23.1. The monoisotopic (exact) mass is 445 g/mol. The molecule has 1 saturated carbocycles. The van der Waals surface area contributed by atoms with Gasteiger partial charge in [-0.05, 0) is 48.9 Å². The predicted molar refractivity (Wildman–Crippen MR) is 112 cm³/mol. The molecule has 1 fully saturated rings. The number of aromatic nitrogens is 3. The number of H-pyrrole nitrogens is 1. The highest BCUT2D eigenvalue weighted by Gasteiger charge is 2.53. The first-order valence-corrected chi connectivity index (χ1v) is 10.3. The van der Waals surface area contributed by atoms with Crippen molar-refractivity contribution in [2.75, 3.05) is 5.32 Å². The smallest absolute Gasteiger partial charge is 0.376 e. The van der Waals surface area contributed by atoms with Gasteiger partial charge < -0.3 is 15.4 Å². The molecule has 32 heavy (non-hydrogen) atoms. The van der Waals surface area contributed by atoms with E-state index in [1.807, 2.05) is 0 Å². The molecule has 1 aromatic carbocycles. The summed E-state index contributed by atoms with van der Waals surface area (Å²) < 4.78 is 41.7. The number of benzene rings is 1. The van der Waals surface area contributed by atoms with E-state index in [-0.39, 0.29) is 29.4 Å². The lowest BCUT2D eigenvalue weighted by molar-refractivity contribution is -0.267. The fourth-order valence-electron chi connectivity index (χ4n) is 4.00. The highest BCUT2D eigenvalue weighted by atomic mass is 19.4. The number of nitrogens with zero attached hydrogens (tertiary/aromatic N) is 3. The maximum atomic E-state index is 13.3. The van der Waals surface area contributed by atoms with Gasteiger partial charge in [0.1, 0.15) is 5.39 Å². The Morgan fingerprint density at radius 1 is 1.31 bits per heavy atom. The number of aromatic amines is 1. The number of fused-ring (bicyclic) bond motifs is 1. The van der Waals surface area contributed by atoms with E-state index in [4.69, 9.17) is 0 Å². The van der Waals surface area contributed by atoms with Crippen molar-refractivity contribution in [1.82, 2.24) is 14.8 Å². The lowest BCUT2D eigenvalue weighted by Crippen LogP contribution is -2.41. The quantitative estimate of drug-likeness (QED) is 0.497. The SMILES string of the molecule is CC[C@](O)(c1ccc(Nc2nn([C@@H](CC#N)C3CC3)c3cc[nH]c(=O)c23)cc1)C(F)(F)F. The Morgan fingerprint density at radius 2 is 2.00 bits per heavy atom. The van der Waals surface area contributed by atoms with Gasteiger partial charge in [-0.1, -0.05) is 19.1 Å². The van der Waals surface area contributed by atoms with Crippen LogP contribution in [0.2, 0.25) is 0 Å². The standard InChI is InChI=1S/C22H22F3N5O2/c1-2-21(32,22(23,24)25)14-5-7-15(8-6-14)28-19-18-17(10-12-27-20(18)31)30(29-19)16(9-11-26)13-3-4-13/h5-8,10,12-13,16,32H,2-4,9H2,1H3,(H,27,31)(H,28,29)/t16-,21-/m0/s1. The first kappa shape index (κ1) is 21.9. The number of alkyl halides is 3. The second kappa shape index (κ2) is 7.98. The average Bonchev–Trinajstić information content (AvgIpc) is 3.53. The number of aliphatic hydroxyl groups is 1. The molecule has 1 aliphatic carbocycles. The fraction of sp³-hybridized carbons (Fsp3) is 0.409. The molecule has 2 heterocycles. The summed E-state index contributed by atoms with van der Waals surface area (Å²) in [7, 11) is 0. The maximum Gasteiger partial charge on any atom is 0.421 e. The van der Waals surface area contributed by atoms with Gasteiger partial charge in [-0.25, -0.2) is 0 Å². The van der Waals surface area contributed by atoms with Crippen molar-refractivity contribution in [3.05, 3.63) is 52.4 Å². The summed E-state index contributed by atoms with van der Waals surface area (Å²) in [6, 6.07) is 8.94. The molecule has 10 heteroatoms. The van der Waals surface area contributed by atoms with E-state index >= 15 is 0 Å². The zero-order valence-electron chi connectivity index (χ0n) is 17.3. The Kier molecular flexibility index (Phi) is 5.46. The van der Waals surface area contributed by atoms with Gasteiger partial charge in [0.25, 0.3) is 5.56 Å². The van der Waals surface area contributed by atoms with Crippen LogP contribution in [0.15, 0.2) is 41.3 Å². The van der Waals surface area contributed by atoms with Gasteiger partial charge in [-0.3, -0.25) is 9.48 Å². The van der Waals surface area contributed by atoms with Gasteiger partial charge in [0.2, 0.25) is 0 Å². The third-order valence-corrected chi connectivity index (χ3v) is 6.02. The van der Waals surface area contributed by atoms with Crippen LogP contribution in [0.1, 0.15) is 44.2 Å². The fourth-order valence-corrected chi connectivity index (χ4v) is 4.00. The van der Waals surface area contributed by atoms with E-state index in [2.05, 4.69) is 21.5 Å². The van der Waals surface area contributed by atoms with Crippen LogP contribution < -0.4 is 10.9 Å². The number of pyridine rings is 1. The number of nitriles is 1. The molecule has 0 radical (unpaired) electrons. The Hall–Kier alpha value is -3.32. The minimum atomic E-state index is -4.81. The van der Waals surface area contributed by atoms with Crippen molar-refractivity contribution in [2.45, 2.75) is 50.4 Å². The predicted octanol–water partition coefficient (Wildman–Crippen LogP) is 4.49. The van der Waals surface area contributed by atoms with Crippen molar-refractivity contribution in [3.63, 3.8) is 0 Å². The van der Waals surface area contributed by atoms with Crippen LogP contribution in [-0.2, 0) is 5.60 Å². The van der Waals surface area contributed by atoms with Crippen LogP contribution in [0.3, 0.4) is 0 Å². The summed E-state index contributed by atoms with van der Waals surface area (Å²) in [5.41, 5.74) is -2.58. The van der Waals surface area contributed by atoms with Gasteiger partial charge in [0.15, 0.2) is 11.4 Å². The van der Waals surface area contributed by atoms with Crippen LogP contribution >= 0.6 is 0 Å². The molecule has 0 bridgehead atoms. The van der Waals surface area contributed by atoms with Crippen LogP contribution in [0, 0.1) is 17.2 Å². The molecule has 3 aromatic rings. The molecule has 0 unspecified atom stereocenters. The molecule has 0 saturated heterocycles. The minimum absolute atomic E-state index is 0.159. The van der Waals surface area contributed by atoms with E-state index in [0.29, 0.717) is 22.5 Å². The molecule has 0 spiro atoms. The third-order valence-electron chi connectivity index (χ3n) is 6.02. The van der Waals surface area contributed by atoms with E-state index in [1.54, 1.807) is 10.7 Å². The van der Waals surface area contributed by atoms with Crippen molar-refractivity contribution in [3.8, 4) is 6.07 Å². The molecule has 2 atom stereocenters. The topological polar surface area (TPSA) is 107 Å². The largest absolute Gasteiger partial charge is 0.421 e. The van der Waals surface area contributed by atoms with Gasteiger partial charge in [0.05, 0.1) is 24.0 Å². The Morgan fingerprint density at radius 3 is 2.56 bits per heavy atom. The van der Waals surface area contributed by atoms with E-state index in [0.717, 1.165) is 12.8 Å². The molecule has 0 aliphatic heterocycles. The summed E-state index contributed by atoms with van der Waals surface area (Å²) in [5, 5.41) is 27.2. The summed E-state index contributed by atoms with van der Waals surface area (Å²) in [6.07, 6.45) is -1.58. The normalized spacial score (nSPS) is 17.0. The van der Waals surface area contributed by atoms with Gasteiger partial charge in [0, 0.05) is 11.9 Å². The first-order valence-electron chi connectivity index (χ1n) is 10.3. The van der Waals surface area contributed by atoms with Crippen LogP contribution in [0.5, 0.6) is 0 Å². The third kappa shape index (κ3) is 3.73. The lowest BCUT2D eigenvalue weighted by atomic mass is 9.90. The average molecular weight is 445 g/mol. The summed E-state index contributed by atoms with van der Waals surface area (Å²) >= 11 is 0. The summed E-state index contributed by atoms with van der Waals surface area (Å²) in [5.74, 6) is 0.568. The Bertz CT molecular complexity index is 1220. The molecule has 2 aromatic heterocycles. The molecule has 168 valence electrons. The Balaban J connectivity index is 1.71. The number of hydrogen-bond donors (Lipinski definition) is 3. The molecular weight excluding hydrogens is 423 g/mol. The van der Waals surface area contributed by atoms with Crippen molar-refractivity contribution in [1.29, 1.82) is 5.26 Å². The van der Waals surface area contributed by atoms with Gasteiger partial charge in [-0.15, -0.1) is 0 Å². The molecule has 1 aliphatic rings. The highest BCUT2D eigenvalue weighted by molar-refractivity contribution is 5.91. The van der Waals surface area contributed by atoms with E-state index < -0.39 is 18.2 Å². The number of anilines is 2. The van der Waals surface area contributed by atoms with Gasteiger partial charge in [-0.2, -0.15) is 23.5 Å². The lowest BCUT2D eigenvalue weighted by Gasteiger charge is -2.29. The van der Waals surface area contributed by atoms with Crippen LogP contribution in [0.4, 0.5) is 24.7 Å². The number of hydrogen-bond acceptors (Lipinski definition) is 5. The summed E-state index contributed by atoms with van der Waals surface area (Å²) in [6.45, 7) is 1.27. The summed E-state index contributed by atoms with van der Waals surface area (Å²) in [4.78, 5) is 15.1. The van der Waals surface area contributed by atoms with Gasteiger partial charge >= 0.3 is 6.18 Å². The highest BCUT2D eigenvalue weighted by Crippen LogP contribution is 2.43. The van der Waals surface area contributed by atoms with Crippen molar-refractivity contribution >= 4 is 22.4 Å². The minimum Gasteiger partial charge on any atom is -0.376 e. The zero-order valence-corrected chi connectivity index (χ0v) is 17.3. The maximum absolute atomic E-state index is 13.3.